The average molecular weight is 194 g/mol. The second-order valence-electron chi connectivity index (χ2n) is 5.81. The van der Waals surface area contributed by atoms with Crippen LogP contribution in [0, 0.1) is 11.8 Å². The molecule has 0 aromatic rings. The van der Waals surface area contributed by atoms with Gasteiger partial charge in [0.2, 0.25) is 0 Å². The molecule has 3 atom stereocenters. The van der Waals surface area contributed by atoms with Crippen LogP contribution in [-0.4, -0.2) is 24.7 Å². The highest BCUT2D eigenvalue weighted by Crippen LogP contribution is 2.39. The highest BCUT2D eigenvalue weighted by atomic mass is 15.1. The molecule has 2 saturated carbocycles. The zero-order valence-corrected chi connectivity index (χ0v) is 9.18. The molecule has 0 spiro atoms. The van der Waals surface area contributed by atoms with Gasteiger partial charge >= 0.3 is 0 Å². The highest BCUT2D eigenvalue weighted by molar-refractivity contribution is 5.01. The third kappa shape index (κ3) is 1.59. The van der Waals surface area contributed by atoms with Crippen molar-refractivity contribution in [2.24, 2.45) is 11.8 Å². The van der Waals surface area contributed by atoms with Crippen molar-refractivity contribution in [1.29, 1.82) is 0 Å². The van der Waals surface area contributed by atoms with Gasteiger partial charge in [0.25, 0.3) is 0 Å². The summed E-state index contributed by atoms with van der Waals surface area (Å²) >= 11 is 0. The third-order valence-electron chi connectivity index (χ3n) is 4.63. The Kier molecular flexibility index (Phi) is 2.10. The van der Waals surface area contributed by atoms with E-state index in [9.17, 15) is 0 Å². The van der Waals surface area contributed by atoms with Crippen molar-refractivity contribution in [2.75, 3.05) is 13.1 Å². The molecule has 14 heavy (non-hydrogen) atoms. The van der Waals surface area contributed by atoms with Gasteiger partial charge in [-0.05, 0) is 51.0 Å². The summed E-state index contributed by atoms with van der Waals surface area (Å²) in [6.07, 6.45) is 7.19. The number of rotatable bonds is 3. The molecular formula is C12H22N2. The predicted molar refractivity (Wildman–Crippen MR) is 58.3 cm³/mol. The molecule has 3 fully saturated rings. The molecule has 2 nitrogen and oxygen atoms in total. The molecule has 2 heteroatoms. The second-order valence-corrected chi connectivity index (χ2v) is 5.81. The summed E-state index contributed by atoms with van der Waals surface area (Å²) in [5.41, 5.74) is 0.512. The minimum Gasteiger partial charge on any atom is -0.312 e. The fraction of sp³-hybridized carbons (Fsp3) is 1.00. The topological polar surface area (TPSA) is 24.1 Å². The summed E-state index contributed by atoms with van der Waals surface area (Å²) in [5, 5.41) is 7.42. The van der Waals surface area contributed by atoms with Crippen molar-refractivity contribution in [3.8, 4) is 0 Å². The molecule has 1 heterocycles. The Morgan fingerprint density at radius 3 is 3.00 bits per heavy atom. The Morgan fingerprint density at radius 1 is 1.36 bits per heavy atom. The summed E-state index contributed by atoms with van der Waals surface area (Å²) in [6, 6.07) is 0.778. The van der Waals surface area contributed by atoms with E-state index in [0.717, 1.165) is 17.9 Å². The summed E-state index contributed by atoms with van der Waals surface area (Å²) in [5.74, 6) is 2.00. The SMILES string of the molecule is CC1(NCC2NCC3CCCC32)CC1. The van der Waals surface area contributed by atoms with E-state index < -0.39 is 0 Å². The van der Waals surface area contributed by atoms with Crippen molar-refractivity contribution in [1.82, 2.24) is 10.6 Å². The fourth-order valence-electron chi connectivity index (χ4n) is 3.25. The molecule has 1 aliphatic heterocycles. The summed E-state index contributed by atoms with van der Waals surface area (Å²) < 4.78 is 0. The molecule has 80 valence electrons. The minimum atomic E-state index is 0.512. The Morgan fingerprint density at radius 2 is 2.21 bits per heavy atom. The van der Waals surface area contributed by atoms with E-state index in [4.69, 9.17) is 0 Å². The number of hydrogen-bond donors (Lipinski definition) is 2. The number of nitrogens with one attached hydrogen (secondary N) is 2. The first kappa shape index (κ1) is 9.17. The van der Waals surface area contributed by atoms with Gasteiger partial charge in [-0.3, -0.25) is 0 Å². The first-order valence-electron chi connectivity index (χ1n) is 6.25. The van der Waals surface area contributed by atoms with Crippen LogP contribution in [0.4, 0.5) is 0 Å². The average Bonchev–Trinajstić information content (AvgIpc) is 2.65. The maximum Gasteiger partial charge on any atom is 0.0224 e. The lowest BCUT2D eigenvalue weighted by molar-refractivity contribution is 0.374. The fourth-order valence-corrected chi connectivity index (χ4v) is 3.25. The van der Waals surface area contributed by atoms with Crippen molar-refractivity contribution in [2.45, 2.75) is 50.6 Å². The smallest absolute Gasteiger partial charge is 0.0224 e. The van der Waals surface area contributed by atoms with Gasteiger partial charge in [0.15, 0.2) is 0 Å². The van der Waals surface area contributed by atoms with E-state index in [1.165, 1.54) is 45.2 Å². The lowest BCUT2D eigenvalue weighted by atomic mass is 9.94. The molecule has 3 rings (SSSR count). The van der Waals surface area contributed by atoms with Crippen LogP contribution >= 0.6 is 0 Å². The Bertz CT molecular complexity index is 222. The first-order chi connectivity index (χ1) is 6.77. The van der Waals surface area contributed by atoms with Gasteiger partial charge in [0, 0.05) is 18.1 Å². The number of fused-ring (bicyclic) bond motifs is 1. The molecule has 3 unspecified atom stereocenters. The summed E-state index contributed by atoms with van der Waals surface area (Å²) in [6.45, 7) is 4.85. The van der Waals surface area contributed by atoms with Crippen LogP contribution in [-0.2, 0) is 0 Å². The molecule has 1 saturated heterocycles. The highest BCUT2D eigenvalue weighted by Gasteiger charge is 2.41. The van der Waals surface area contributed by atoms with E-state index in [1.54, 1.807) is 0 Å². The molecule has 0 aromatic carbocycles. The summed E-state index contributed by atoms with van der Waals surface area (Å²) in [4.78, 5) is 0. The standard InChI is InChI=1S/C12H22N2/c1-12(5-6-12)14-8-11-10-4-2-3-9(10)7-13-11/h9-11,13-14H,2-8H2,1H3. The quantitative estimate of drug-likeness (QED) is 0.712. The van der Waals surface area contributed by atoms with Crippen LogP contribution in [0.2, 0.25) is 0 Å². The molecule has 0 bridgehead atoms. The van der Waals surface area contributed by atoms with Gasteiger partial charge in [-0.25, -0.2) is 0 Å². The van der Waals surface area contributed by atoms with Crippen LogP contribution in [0.1, 0.15) is 39.0 Å². The predicted octanol–water partition coefficient (Wildman–Crippen LogP) is 1.52. The Balaban J connectivity index is 1.53. The van der Waals surface area contributed by atoms with Gasteiger partial charge < -0.3 is 10.6 Å². The molecule has 2 aliphatic carbocycles. The third-order valence-corrected chi connectivity index (χ3v) is 4.63. The molecule has 0 radical (unpaired) electrons. The Labute approximate surface area is 86.8 Å². The molecule has 0 aromatic heterocycles. The lowest BCUT2D eigenvalue weighted by Gasteiger charge is -2.21. The van der Waals surface area contributed by atoms with E-state index in [2.05, 4.69) is 17.6 Å². The van der Waals surface area contributed by atoms with Crippen LogP contribution in [0.5, 0.6) is 0 Å². The second kappa shape index (κ2) is 3.21. The van der Waals surface area contributed by atoms with Crippen molar-refractivity contribution < 1.29 is 0 Å². The maximum absolute atomic E-state index is 3.73. The zero-order chi connectivity index (χ0) is 9.60. The number of hydrogen-bond acceptors (Lipinski definition) is 2. The van der Waals surface area contributed by atoms with Gasteiger partial charge in [-0.15, -0.1) is 0 Å². The van der Waals surface area contributed by atoms with Gasteiger partial charge in [-0.1, -0.05) is 6.42 Å². The normalized spacial score (nSPS) is 43.9. The van der Waals surface area contributed by atoms with E-state index in [-0.39, 0.29) is 0 Å². The van der Waals surface area contributed by atoms with Crippen molar-refractivity contribution in [3.63, 3.8) is 0 Å². The van der Waals surface area contributed by atoms with Crippen LogP contribution < -0.4 is 10.6 Å². The largest absolute Gasteiger partial charge is 0.312 e. The van der Waals surface area contributed by atoms with Gasteiger partial charge in [-0.2, -0.15) is 0 Å². The maximum atomic E-state index is 3.73. The minimum absolute atomic E-state index is 0.512. The van der Waals surface area contributed by atoms with Crippen LogP contribution in [0.3, 0.4) is 0 Å². The molecular weight excluding hydrogens is 172 g/mol. The van der Waals surface area contributed by atoms with E-state index >= 15 is 0 Å². The van der Waals surface area contributed by atoms with Crippen LogP contribution in [0.25, 0.3) is 0 Å². The molecule has 3 aliphatic rings. The molecule has 2 N–H and O–H groups in total. The van der Waals surface area contributed by atoms with Crippen LogP contribution in [0.15, 0.2) is 0 Å². The molecule has 0 amide bonds. The van der Waals surface area contributed by atoms with Gasteiger partial charge in [0.05, 0.1) is 0 Å². The first-order valence-corrected chi connectivity index (χ1v) is 6.25. The van der Waals surface area contributed by atoms with E-state index in [0.29, 0.717) is 5.54 Å². The van der Waals surface area contributed by atoms with Crippen molar-refractivity contribution >= 4 is 0 Å². The lowest BCUT2D eigenvalue weighted by Crippen LogP contribution is -2.42. The monoisotopic (exact) mass is 194 g/mol. The zero-order valence-electron chi connectivity index (χ0n) is 9.18. The summed E-state index contributed by atoms with van der Waals surface area (Å²) in [7, 11) is 0. The van der Waals surface area contributed by atoms with E-state index in [1.807, 2.05) is 0 Å². The van der Waals surface area contributed by atoms with Crippen molar-refractivity contribution in [3.05, 3.63) is 0 Å². The van der Waals surface area contributed by atoms with Gasteiger partial charge in [0.1, 0.15) is 0 Å². The Hall–Kier alpha value is -0.0800.